The Bertz CT molecular complexity index is 554. The van der Waals surface area contributed by atoms with Crippen molar-refractivity contribution in [2.75, 3.05) is 6.54 Å². The standard InChI is InChI=1S/C14H21BrN2O2S/c1-11(2)10-17(13-5-3-4-6-13)20(18,19)14-7-12(15)8-16-9-14/h7-9,11,13H,3-6,10H2,1-2H3. The maximum atomic E-state index is 12.9. The van der Waals surface area contributed by atoms with Gasteiger partial charge in [0.05, 0.1) is 0 Å². The van der Waals surface area contributed by atoms with Crippen molar-refractivity contribution in [2.24, 2.45) is 5.92 Å². The van der Waals surface area contributed by atoms with Gasteiger partial charge in [0.25, 0.3) is 0 Å². The molecule has 0 aromatic carbocycles. The summed E-state index contributed by atoms with van der Waals surface area (Å²) < 4.78 is 28.1. The third-order valence-corrected chi connectivity index (χ3v) is 5.88. The molecule has 1 aliphatic carbocycles. The Morgan fingerprint density at radius 1 is 1.35 bits per heavy atom. The average molecular weight is 361 g/mol. The molecule has 0 saturated heterocycles. The molecule has 0 aliphatic heterocycles. The van der Waals surface area contributed by atoms with Crippen LogP contribution in [-0.4, -0.2) is 30.3 Å². The van der Waals surface area contributed by atoms with Crippen LogP contribution in [0.25, 0.3) is 0 Å². The van der Waals surface area contributed by atoms with Crippen molar-refractivity contribution in [1.82, 2.24) is 9.29 Å². The molecule has 0 spiro atoms. The zero-order chi connectivity index (χ0) is 14.8. The first-order valence-corrected chi connectivity index (χ1v) is 9.27. The fourth-order valence-electron chi connectivity index (χ4n) is 2.66. The molecule has 6 heteroatoms. The highest BCUT2D eigenvalue weighted by atomic mass is 79.9. The lowest BCUT2D eigenvalue weighted by Gasteiger charge is -2.29. The van der Waals surface area contributed by atoms with E-state index in [-0.39, 0.29) is 10.9 Å². The molecule has 4 nitrogen and oxygen atoms in total. The van der Waals surface area contributed by atoms with Crippen LogP contribution in [0.3, 0.4) is 0 Å². The number of pyridine rings is 1. The lowest BCUT2D eigenvalue weighted by molar-refractivity contribution is 0.292. The zero-order valence-corrected chi connectivity index (χ0v) is 14.3. The zero-order valence-electron chi connectivity index (χ0n) is 11.9. The molecule has 1 aromatic heterocycles. The smallest absolute Gasteiger partial charge is 0.244 e. The van der Waals surface area contributed by atoms with Crippen LogP contribution in [-0.2, 0) is 10.0 Å². The van der Waals surface area contributed by atoms with Gasteiger partial charge in [-0.2, -0.15) is 4.31 Å². The molecule has 0 N–H and O–H groups in total. The normalized spacial score (nSPS) is 17.2. The van der Waals surface area contributed by atoms with Gasteiger partial charge < -0.3 is 0 Å². The van der Waals surface area contributed by atoms with E-state index in [0.29, 0.717) is 16.9 Å². The maximum absolute atomic E-state index is 12.9. The van der Waals surface area contributed by atoms with Gasteiger partial charge in [-0.15, -0.1) is 0 Å². The van der Waals surface area contributed by atoms with Crippen molar-refractivity contribution >= 4 is 26.0 Å². The third-order valence-electron chi connectivity index (χ3n) is 3.56. The van der Waals surface area contributed by atoms with Crippen LogP contribution < -0.4 is 0 Å². The molecule has 1 heterocycles. The molecular weight excluding hydrogens is 340 g/mol. The van der Waals surface area contributed by atoms with Crippen LogP contribution >= 0.6 is 15.9 Å². The van der Waals surface area contributed by atoms with Crippen molar-refractivity contribution in [2.45, 2.75) is 50.5 Å². The lowest BCUT2D eigenvalue weighted by Crippen LogP contribution is -2.41. The minimum absolute atomic E-state index is 0.140. The Kier molecular flexibility index (Phi) is 5.20. The van der Waals surface area contributed by atoms with Gasteiger partial charge in [0.15, 0.2) is 0 Å². The summed E-state index contributed by atoms with van der Waals surface area (Å²) >= 11 is 3.29. The van der Waals surface area contributed by atoms with Gasteiger partial charge in [0.2, 0.25) is 10.0 Å². The van der Waals surface area contributed by atoms with E-state index in [9.17, 15) is 8.42 Å². The van der Waals surface area contributed by atoms with Gasteiger partial charge in [-0.25, -0.2) is 8.42 Å². The topological polar surface area (TPSA) is 50.3 Å². The van der Waals surface area contributed by atoms with Gasteiger partial charge >= 0.3 is 0 Å². The molecule has 1 fully saturated rings. The van der Waals surface area contributed by atoms with Crippen molar-refractivity contribution in [1.29, 1.82) is 0 Å². The molecule has 112 valence electrons. The van der Waals surface area contributed by atoms with E-state index in [1.807, 2.05) is 0 Å². The first kappa shape index (κ1) is 15.9. The van der Waals surface area contributed by atoms with Crippen molar-refractivity contribution < 1.29 is 8.42 Å². The summed E-state index contributed by atoms with van der Waals surface area (Å²) in [7, 11) is -3.46. The van der Waals surface area contributed by atoms with Gasteiger partial charge in [0, 0.05) is 29.5 Å². The third kappa shape index (κ3) is 3.59. The van der Waals surface area contributed by atoms with Crippen molar-refractivity contribution in [3.05, 3.63) is 22.9 Å². The Labute approximate surface area is 129 Å². The number of hydrogen-bond donors (Lipinski definition) is 0. The van der Waals surface area contributed by atoms with E-state index < -0.39 is 10.0 Å². The second kappa shape index (κ2) is 6.54. The van der Waals surface area contributed by atoms with Crippen LogP contribution in [0.15, 0.2) is 27.8 Å². The summed E-state index contributed by atoms with van der Waals surface area (Å²) in [4.78, 5) is 4.26. The molecule has 1 aliphatic rings. The van der Waals surface area contributed by atoms with Crippen LogP contribution in [0.5, 0.6) is 0 Å². The first-order chi connectivity index (χ1) is 9.41. The highest BCUT2D eigenvalue weighted by molar-refractivity contribution is 9.10. The molecule has 20 heavy (non-hydrogen) atoms. The number of hydrogen-bond acceptors (Lipinski definition) is 3. The van der Waals surface area contributed by atoms with Crippen molar-refractivity contribution in [3.63, 3.8) is 0 Å². The van der Waals surface area contributed by atoms with Gasteiger partial charge in [0.1, 0.15) is 4.90 Å². The number of sulfonamides is 1. The lowest BCUT2D eigenvalue weighted by atomic mass is 10.2. The number of nitrogens with zero attached hydrogens (tertiary/aromatic N) is 2. The van der Waals surface area contributed by atoms with E-state index in [4.69, 9.17) is 0 Å². The monoisotopic (exact) mass is 360 g/mol. The first-order valence-electron chi connectivity index (χ1n) is 7.03. The predicted molar refractivity (Wildman–Crippen MR) is 82.9 cm³/mol. The van der Waals surface area contributed by atoms with Crippen molar-refractivity contribution in [3.8, 4) is 0 Å². The summed E-state index contributed by atoms with van der Waals surface area (Å²) in [6.45, 7) is 4.67. The molecule has 0 radical (unpaired) electrons. The second-order valence-corrected chi connectivity index (χ2v) is 8.55. The molecule has 0 amide bonds. The maximum Gasteiger partial charge on any atom is 0.244 e. The molecule has 2 rings (SSSR count). The Balaban J connectivity index is 2.35. The average Bonchev–Trinajstić information content (AvgIpc) is 2.89. The number of rotatable bonds is 5. The Morgan fingerprint density at radius 3 is 2.55 bits per heavy atom. The van der Waals surface area contributed by atoms with E-state index >= 15 is 0 Å². The summed E-state index contributed by atoms with van der Waals surface area (Å²) in [5, 5.41) is 0. The molecule has 0 unspecified atom stereocenters. The van der Waals surface area contributed by atoms with Crippen LogP contribution in [0.1, 0.15) is 39.5 Å². The Hall–Kier alpha value is -0.460. The van der Waals surface area contributed by atoms with Gasteiger partial charge in [-0.05, 0) is 40.8 Å². The van der Waals surface area contributed by atoms with E-state index in [2.05, 4.69) is 34.8 Å². The minimum Gasteiger partial charge on any atom is -0.262 e. The van der Waals surface area contributed by atoms with E-state index in [1.165, 1.54) is 6.20 Å². The van der Waals surface area contributed by atoms with E-state index in [0.717, 1.165) is 25.7 Å². The van der Waals surface area contributed by atoms with Gasteiger partial charge in [-0.3, -0.25) is 4.98 Å². The fourth-order valence-corrected chi connectivity index (χ4v) is 5.02. The van der Waals surface area contributed by atoms with Gasteiger partial charge in [-0.1, -0.05) is 26.7 Å². The number of halogens is 1. The molecule has 0 atom stereocenters. The number of aromatic nitrogens is 1. The summed E-state index contributed by atoms with van der Waals surface area (Å²) in [5.74, 6) is 0.311. The Morgan fingerprint density at radius 2 is 2.00 bits per heavy atom. The highest BCUT2D eigenvalue weighted by Gasteiger charge is 2.33. The van der Waals surface area contributed by atoms with Crippen LogP contribution in [0, 0.1) is 5.92 Å². The largest absolute Gasteiger partial charge is 0.262 e. The van der Waals surface area contributed by atoms with Crippen LogP contribution in [0.2, 0.25) is 0 Å². The summed E-state index contributed by atoms with van der Waals surface area (Å²) in [6, 6.07) is 1.77. The SMILES string of the molecule is CC(C)CN(C1CCCC1)S(=O)(=O)c1cncc(Br)c1. The fraction of sp³-hybridized carbons (Fsp3) is 0.643. The van der Waals surface area contributed by atoms with E-state index in [1.54, 1.807) is 16.6 Å². The highest BCUT2D eigenvalue weighted by Crippen LogP contribution is 2.29. The molecular formula is C14H21BrN2O2S. The molecule has 1 saturated carbocycles. The molecule has 0 bridgehead atoms. The summed E-state index contributed by atoms with van der Waals surface area (Å²) in [6.07, 6.45) is 7.20. The van der Waals surface area contributed by atoms with Crippen LogP contribution in [0.4, 0.5) is 0 Å². The molecule has 1 aromatic rings. The minimum atomic E-state index is -3.46. The predicted octanol–water partition coefficient (Wildman–Crippen LogP) is 3.43. The quantitative estimate of drug-likeness (QED) is 0.807. The second-order valence-electron chi connectivity index (χ2n) is 5.75. The summed E-state index contributed by atoms with van der Waals surface area (Å²) in [5.41, 5.74) is 0.